The van der Waals surface area contributed by atoms with Crippen LogP contribution in [-0.4, -0.2) is 30.7 Å². The number of benzene rings is 1. The number of carbonyl (C=O) groups is 2. The quantitative estimate of drug-likeness (QED) is 0.735. The smallest absolute Gasteiger partial charge is 0.222 e. The van der Waals surface area contributed by atoms with Crippen molar-refractivity contribution in [2.24, 2.45) is 0 Å². The molecule has 0 aliphatic rings. The average Bonchev–Trinajstić information content (AvgIpc) is 2.26. The van der Waals surface area contributed by atoms with Crippen molar-refractivity contribution in [3.8, 4) is 0 Å². The van der Waals surface area contributed by atoms with E-state index in [0.717, 1.165) is 5.56 Å². The summed E-state index contributed by atoms with van der Waals surface area (Å²) >= 11 is 0. The van der Waals surface area contributed by atoms with E-state index in [-0.39, 0.29) is 24.5 Å². The van der Waals surface area contributed by atoms with Crippen LogP contribution in [0.1, 0.15) is 28.8 Å². The number of hydrogen-bond donors (Lipinski definition) is 0. The third-order valence-corrected chi connectivity index (χ3v) is 2.44. The van der Waals surface area contributed by atoms with Gasteiger partial charge >= 0.3 is 0 Å². The van der Waals surface area contributed by atoms with Gasteiger partial charge in [0.25, 0.3) is 0 Å². The molecule has 3 heteroatoms. The second-order valence-electron chi connectivity index (χ2n) is 4.08. The highest BCUT2D eigenvalue weighted by Crippen LogP contribution is 2.08. The van der Waals surface area contributed by atoms with Gasteiger partial charge in [-0.05, 0) is 6.92 Å². The minimum absolute atomic E-state index is 0.0135. The number of rotatable bonds is 4. The van der Waals surface area contributed by atoms with Crippen molar-refractivity contribution in [2.75, 3.05) is 14.1 Å². The molecule has 0 unspecified atom stereocenters. The molecular weight excluding hydrogens is 208 g/mol. The highest BCUT2D eigenvalue weighted by atomic mass is 16.2. The van der Waals surface area contributed by atoms with Crippen molar-refractivity contribution in [1.82, 2.24) is 4.90 Å². The predicted octanol–water partition coefficient (Wildman–Crippen LogP) is 2.05. The van der Waals surface area contributed by atoms with Crippen LogP contribution in [0.5, 0.6) is 0 Å². The van der Waals surface area contributed by atoms with Crippen LogP contribution in [-0.2, 0) is 4.79 Å². The minimum atomic E-state index is -0.0135. The van der Waals surface area contributed by atoms with Crippen LogP contribution >= 0.6 is 0 Å². The Morgan fingerprint density at radius 2 is 1.62 bits per heavy atom. The number of hydrogen-bond acceptors (Lipinski definition) is 2. The van der Waals surface area contributed by atoms with Gasteiger partial charge in [-0.25, -0.2) is 0 Å². The Morgan fingerprint density at radius 1 is 1.06 bits per heavy atom. The van der Waals surface area contributed by atoms with Crippen molar-refractivity contribution in [3.63, 3.8) is 0 Å². The van der Waals surface area contributed by atoms with E-state index in [4.69, 9.17) is 0 Å². The summed E-state index contributed by atoms with van der Waals surface area (Å²) in [4.78, 5) is 24.5. The lowest BCUT2D eigenvalue weighted by Crippen LogP contribution is -2.22. The van der Waals surface area contributed by atoms with Crippen LogP contribution in [0.15, 0.2) is 24.3 Å². The van der Waals surface area contributed by atoms with E-state index < -0.39 is 0 Å². The monoisotopic (exact) mass is 225 g/mol. The number of amides is 1. The molecule has 0 saturated carbocycles. The van der Waals surface area contributed by atoms with Gasteiger partial charge in [-0.2, -0.15) is 0 Å². The summed E-state index contributed by atoms with van der Waals surface area (Å²) in [6.07, 6.45) is 0.555. The fourth-order valence-electron chi connectivity index (χ4n) is 1.33. The number of aryl methyl sites for hydroxylation is 1. The highest BCUT2D eigenvalue weighted by molar-refractivity contribution is 5.97. The average molecular weight is 225 g/mol. The lowest BCUT2D eigenvalue weighted by atomic mass is 10.2. The second-order valence-corrected chi connectivity index (χ2v) is 4.08. The number of carbonyl (C=O) groups excluding carboxylic acids is 2. The van der Waals surface area contributed by atoms with Gasteiger partial charge in [0.2, 0.25) is 5.91 Å². The first-order chi connectivity index (χ1) is 7.50. The van der Waals surface area contributed by atoms with Crippen LogP contribution in [0, 0.1) is 6.92 Å². The molecule has 0 aromatic heterocycles. The maximum absolute atomic E-state index is 11.7. The van der Waals surface area contributed by atoms with Crippen LogP contribution in [0.25, 0.3) is 0 Å². The van der Waals surface area contributed by atoms with Crippen molar-refractivity contribution < 1.29 is 9.59 Å². The summed E-state index contributed by atoms with van der Waals surface area (Å²) < 4.78 is 0. The van der Waals surface area contributed by atoms with Crippen molar-refractivity contribution >= 4 is 11.7 Å². The van der Waals surface area contributed by atoms with Crippen LogP contribution in [0.4, 0.5) is 0 Å². The maximum Gasteiger partial charge on any atom is 0.222 e. The largest absolute Gasteiger partial charge is 0.349 e. The zero-order chi connectivity index (χ0) is 12.1. The maximum atomic E-state index is 11.7. The SMILES string of the molecule is C[13c]1[13cH][13cH][13c](C(=O)CCC(=O)N(C)C)[13cH][13cH]1. The Kier molecular flexibility index (Phi) is 4.23. The molecule has 16 heavy (non-hydrogen) atoms. The van der Waals surface area contributed by atoms with E-state index in [1.807, 2.05) is 19.1 Å². The van der Waals surface area contributed by atoms with Gasteiger partial charge in [-0.15, -0.1) is 0 Å². The molecule has 86 valence electrons. The molecule has 1 aromatic rings. The van der Waals surface area contributed by atoms with Gasteiger partial charge < -0.3 is 4.90 Å². The van der Waals surface area contributed by atoms with Gasteiger partial charge in [0, 0.05) is 32.5 Å². The molecule has 3 nitrogen and oxygen atoms in total. The normalized spacial score (nSPS) is 9.94. The Bertz CT molecular complexity index is 379. The molecule has 0 aliphatic heterocycles. The fraction of sp³-hybridized carbons (Fsp3) is 0.385. The molecule has 0 N–H and O–H groups in total. The molecule has 0 bridgehead atoms. The molecule has 0 spiro atoms. The zero-order valence-corrected chi connectivity index (χ0v) is 9.99. The van der Waals surface area contributed by atoms with Crippen molar-refractivity contribution in [3.05, 3.63) is 35.4 Å². The topological polar surface area (TPSA) is 37.4 Å². The molecule has 1 rings (SSSR count). The number of ketones is 1. The Balaban J connectivity index is 2.53. The molecule has 1 amide bonds. The first kappa shape index (κ1) is 12.4. The van der Waals surface area contributed by atoms with E-state index in [9.17, 15) is 9.59 Å². The summed E-state index contributed by atoms with van der Waals surface area (Å²) in [7, 11) is 3.39. The van der Waals surface area contributed by atoms with Crippen LogP contribution in [0.3, 0.4) is 0 Å². The first-order valence-electron chi connectivity index (χ1n) is 5.30. The molecule has 0 fully saturated rings. The summed E-state index contributed by atoms with van der Waals surface area (Å²) in [5, 5.41) is 0. The minimum Gasteiger partial charge on any atom is -0.349 e. The molecule has 0 heterocycles. The highest BCUT2D eigenvalue weighted by Gasteiger charge is 2.09. The van der Waals surface area contributed by atoms with Crippen molar-refractivity contribution in [1.29, 1.82) is 0 Å². The van der Waals surface area contributed by atoms with Gasteiger partial charge in [0.15, 0.2) is 5.78 Å². The Labute approximate surface area is 96.1 Å². The summed E-state index contributed by atoms with van der Waals surface area (Å²) in [6.45, 7) is 1.98. The van der Waals surface area contributed by atoms with E-state index in [1.54, 1.807) is 26.2 Å². The molecular formula is C13H17NO2. The fourth-order valence-corrected chi connectivity index (χ4v) is 1.33. The lowest BCUT2D eigenvalue weighted by Gasteiger charge is -2.09. The Hall–Kier alpha value is -1.64. The molecule has 0 saturated heterocycles. The third-order valence-electron chi connectivity index (χ3n) is 2.44. The second kappa shape index (κ2) is 5.45. The number of Topliss-reactive ketones (excluding diaryl/α,β-unsaturated/α-hetero) is 1. The summed E-state index contributed by atoms with van der Waals surface area (Å²) in [5.41, 5.74) is 1.80. The van der Waals surface area contributed by atoms with Crippen molar-refractivity contribution in [2.45, 2.75) is 19.8 Å². The summed E-state index contributed by atoms with van der Waals surface area (Å²) in [6, 6.07) is 7.41. The van der Waals surface area contributed by atoms with E-state index >= 15 is 0 Å². The van der Waals surface area contributed by atoms with Gasteiger partial charge in [-0.3, -0.25) is 9.59 Å². The Morgan fingerprint density at radius 3 is 2.12 bits per heavy atom. The molecule has 0 atom stereocenters. The van der Waals surface area contributed by atoms with Crippen LogP contribution < -0.4 is 0 Å². The van der Waals surface area contributed by atoms with Gasteiger partial charge in [0.05, 0.1) is 0 Å². The lowest BCUT2D eigenvalue weighted by molar-refractivity contribution is -0.128. The first-order valence-corrected chi connectivity index (χ1v) is 5.30. The number of nitrogens with zero attached hydrogens (tertiary/aromatic N) is 1. The van der Waals surface area contributed by atoms with Crippen LogP contribution in [0.2, 0.25) is 0 Å². The van der Waals surface area contributed by atoms with Gasteiger partial charge in [-0.1, -0.05) is 29.8 Å². The third kappa shape index (κ3) is 3.50. The standard InChI is InChI=1S/C13H17NO2/c1-10-4-6-11(7-5-10)12(15)8-9-13(16)14(2)3/h4-7H,8-9H2,1-3H3/i4+1,5+1,6+1,7+1,10+1,11+1. The molecule has 1 aromatic carbocycles. The molecule has 0 radical (unpaired) electrons. The van der Waals surface area contributed by atoms with E-state index in [0.29, 0.717) is 5.56 Å². The molecule has 0 aliphatic carbocycles. The van der Waals surface area contributed by atoms with Gasteiger partial charge in [0.1, 0.15) is 0 Å². The zero-order valence-electron chi connectivity index (χ0n) is 9.99. The van der Waals surface area contributed by atoms with E-state index in [1.165, 1.54) is 4.90 Å². The van der Waals surface area contributed by atoms with E-state index in [2.05, 4.69) is 0 Å². The predicted molar refractivity (Wildman–Crippen MR) is 63.4 cm³/mol. The summed E-state index contributed by atoms with van der Waals surface area (Å²) in [5.74, 6) is 0.00987.